The van der Waals surface area contributed by atoms with Gasteiger partial charge < -0.3 is 5.32 Å². The van der Waals surface area contributed by atoms with Crippen LogP contribution in [0.1, 0.15) is 17.2 Å². The molecule has 0 spiro atoms. The summed E-state index contributed by atoms with van der Waals surface area (Å²) in [5.74, 6) is 0. The van der Waals surface area contributed by atoms with E-state index in [0.29, 0.717) is 6.04 Å². The number of hydrogen-bond acceptors (Lipinski definition) is 1. The summed E-state index contributed by atoms with van der Waals surface area (Å²) in [5.41, 5.74) is 4.03. The van der Waals surface area contributed by atoms with E-state index in [1.165, 1.54) is 16.8 Å². The van der Waals surface area contributed by atoms with Crippen LogP contribution >= 0.6 is 15.9 Å². The summed E-state index contributed by atoms with van der Waals surface area (Å²) >= 11 is 3.46. The summed E-state index contributed by atoms with van der Waals surface area (Å²) in [6.45, 7) is 0. The van der Waals surface area contributed by atoms with Crippen molar-refractivity contribution in [2.45, 2.75) is 12.5 Å². The number of benzene rings is 2. The molecule has 1 heterocycles. The summed E-state index contributed by atoms with van der Waals surface area (Å²) in [6.07, 6.45) is 1.08. The van der Waals surface area contributed by atoms with Gasteiger partial charge in [-0.2, -0.15) is 0 Å². The Kier molecular flexibility index (Phi) is 2.44. The monoisotopic (exact) mass is 273 g/mol. The summed E-state index contributed by atoms with van der Waals surface area (Å²) in [7, 11) is 0. The summed E-state index contributed by atoms with van der Waals surface area (Å²) in [5, 5.41) is 3.55. The molecule has 0 saturated heterocycles. The Morgan fingerprint density at radius 3 is 2.50 bits per heavy atom. The first-order valence-corrected chi connectivity index (χ1v) is 6.22. The zero-order chi connectivity index (χ0) is 11.0. The third-order valence-electron chi connectivity index (χ3n) is 3.04. The van der Waals surface area contributed by atoms with Crippen LogP contribution in [0, 0.1) is 0 Å². The fourth-order valence-corrected chi connectivity index (χ4v) is 2.46. The van der Waals surface area contributed by atoms with Crippen molar-refractivity contribution in [3.63, 3.8) is 0 Å². The van der Waals surface area contributed by atoms with Gasteiger partial charge in [-0.3, -0.25) is 0 Å². The van der Waals surface area contributed by atoms with Gasteiger partial charge in [0.05, 0.1) is 6.04 Å². The molecular formula is C14H12BrN. The number of nitrogens with one attached hydrogen (secondary N) is 1. The van der Waals surface area contributed by atoms with E-state index in [-0.39, 0.29) is 0 Å². The second kappa shape index (κ2) is 3.95. The second-order valence-corrected chi connectivity index (χ2v) is 5.03. The maximum atomic E-state index is 3.55. The lowest BCUT2D eigenvalue weighted by Crippen LogP contribution is -2.05. The lowest BCUT2D eigenvalue weighted by atomic mass is 10.0. The first-order chi connectivity index (χ1) is 7.83. The SMILES string of the molecule is Brc1ccc(C2Cc3ccccc3N2)cc1. The molecule has 1 aliphatic heterocycles. The van der Waals surface area contributed by atoms with Crippen LogP contribution in [0.3, 0.4) is 0 Å². The van der Waals surface area contributed by atoms with E-state index in [0.717, 1.165) is 10.9 Å². The van der Waals surface area contributed by atoms with Crippen molar-refractivity contribution >= 4 is 21.6 Å². The minimum absolute atomic E-state index is 0.422. The summed E-state index contributed by atoms with van der Waals surface area (Å²) in [4.78, 5) is 0. The highest BCUT2D eigenvalue weighted by molar-refractivity contribution is 9.10. The van der Waals surface area contributed by atoms with Crippen LogP contribution in [0.4, 0.5) is 5.69 Å². The molecule has 2 aromatic carbocycles. The van der Waals surface area contributed by atoms with Crippen molar-refractivity contribution < 1.29 is 0 Å². The Morgan fingerprint density at radius 2 is 1.75 bits per heavy atom. The number of anilines is 1. The fourth-order valence-electron chi connectivity index (χ4n) is 2.19. The molecule has 0 radical (unpaired) electrons. The zero-order valence-corrected chi connectivity index (χ0v) is 10.4. The van der Waals surface area contributed by atoms with Crippen molar-refractivity contribution in [2.75, 3.05) is 5.32 Å². The van der Waals surface area contributed by atoms with Gasteiger partial charge >= 0.3 is 0 Å². The van der Waals surface area contributed by atoms with Crippen LogP contribution in [0.2, 0.25) is 0 Å². The lowest BCUT2D eigenvalue weighted by Gasteiger charge is -2.11. The highest BCUT2D eigenvalue weighted by atomic mass is 79.9. The first-order valence-electron chi connectivity index (χ1n) is 5.43. The van der Waals surface area contributed by atoms with Gasteiger partial charge in [0, 0.05) is 10.2 Å². The van der Waals surface area contributed by atoms with Crippen LogP contribution in [0.25, 0.3) is 0 Å². The molecule has 80 valence electrons. The molecule has 0 aliphatic carbocycles. The van der Waals surface area contributed by atoms with Crippen molar-refractivity contribution in [1.29, 1.82) is 0 Å². The molecule has 3 rings (SSSR count). The maximum absolute atomic E-state index is 3.55. The molecule has 0 saturated carbocycles. The fraction of sp³-hybridized carbons (Fsp3) is 0.143. The van der Waals surface area contributed by atoms with Crippen LogP contribution in [0.15, 0.2) is 53.0 Å². The van der Waals surface area contributed by atoms with Crippen molar-refractivity contribution in [2.24, 2.45) is 0 Å². The number of halogens is 1. The van der Waals surface area contributed by atoms with Gasteiger partial charge in [0.1, 0.15) is 0 Å². The molecule has 1 unspecified atom stereocenters. The second-order valence-electron chi connectivity index (χ2n) is 4.11. The molecule has 1 nitrogen and oxygen atoms in total. The molecule has 0 bridgehead atoms. The Morgan fingerprint density at radius 1 is 1.00 bits per heavy atom. The average Bonchev–Trinajstić information content (AvgIpc) is 2.73. The summed E-state index contributed by atoms with van der Waals surface area (Å²) < 4.78 is 1.13. The van der Waals surface area contributed by atoms with Crippen molar-refractivity contribution in [1.82, 2.24) is 0 Å². The van der Waals surface area contributed by atoms with Gasteiger partial charge in [-0.15, -0.1) is 0 Å². The van der Waals surface area contributed by atoms with Gasteiger partial charge in [-0.05, 0) is 35.7 Å². The van der Waals surface area contributed by atoms with Gasteiger partial charge in [-0.1, -0.05) is 46.3 Å². The van der Waals surface area contributed by atoms with Gasteiger partial charge in [0.15, 0.2) is 0 Å². The number of rotatable bonds is 1. The lowest BCUT2D eigenvalue weighted by molar-refractivity contribution is 0.824. The average molecular weight is 274 g/mol. The van der Waals surface area contributed by atoms with Crippen molar-refractivity contribution in [3.05, 3.63) is 64.1 Å². The smallest absolute Gasteiger partial charge is 0.0555 e. The molecule has 2 heteroatoms. The predicted octanol–water partition coefficient (Wildman–Crippen LogP) is 4.16. The highest BCUT2D eigenvalue weighted by Gasteiger charge is 2.20. The predicted molar refractivity (Wildman–Crippen MR) is 70.7 cm³/mol. The molecule has 1 N–H and O–H groups in total. The molecule has 2 aromatic rings. The third kappa shape index (κ3) is 1.74. The molecule has 1 atom stereocenters. The van der Waals surface area contributed by atoms with Gasteiger partial charge in [0.2, 0.25) is 0 Å². The van der Waals surface area contributed by atoms with Crippen LogP contribution in [-0.4, -0.2) is 0 Å². The van der Waals surface area contributed by atoms with Gasteiger partial charge in [-0.25, -0.2) is 0 Å². The number of hydrogen-bond donors (Lipinski definition) is 1. The molecule has 0 aromatic heterocycles. The Bertz CT molecular complexity index is 479. The zero-order valence-electron chi connectivity index (χ0n) is 8.78. The molecule has 0 amide bonds. The largest absolute Gasteiger partial charge is 0.378 e. The Balaban J connectivity index is 1.88. The van der Waals surface area contributed by atoms with Crippen LogP contribution in [0.5, 0.6) is 0 Å². The maximum Gasteiger partial charge on any atom is 0.0555 e. The quantitative estimate of drug-likeness (QED) is 0.823. The van der Waals surface area contributed by atoms with Crippen LogP contribution < -0.4 is 5.32 Å². The Labute approximate surface area is 104 Å². The topological polar surface area (TPSA) is 12.0 Å². The van der Waals surface area contributed by atoms with E-state index in [4.69, 9.17) is 0 Å². The van der Waals surface area contributed by atoms with Crippen molar-refractivity contribution in [3.8, 4) is 0 Å². The summed E-state index contributed by atoms with van der Waals surface area (Å²) in [6, 6.07) is 17.5. The molecular weight excluding hydrogens is 262 g/mol. The minimum Gasteiger partial charge on any atom is -0.378 e. The molecule has 0 fully saturated rings. The normalized spacial score (nSPS) is 17.9. The minimum atomic E-state index is 0.422. The van der Waals surface area contributed by atoms with E-state index in [9.17, 15) is 0 Å². The standard InChI is InChI=1S/C14H12BrN/c15-12-7-5-10(6-8-12)14-9-11-3-1-2-4-13(11)16-14/h1-8,14,16H,9H2. The Hall–Kier alpha value is -1.28. The van der Waals surface area contributed by atoms with Gasteiger partial charge in [0.25, 0.3) is 0 Å². The van der Waals surface area contributed by atoms with E-state index >= 15 is 0 Å². The van der Waals surface area contributed by atoms with E-state index in [1.54, 1.807) is 0 Å². The molecule has 1 aliphatic rings. The first kappa shape index (κ1) is 9.91. The van der Waals surface area contributed by atoms with Crippen LogP contribution in [-0.2, 0) is 6.42 Å². The van der Waals surface area contributed by atoms with E-state index in [1.807, 2.05) is 0 Å². The van der Waals surface area contributed by atoms with E-state index in [2.05, 4.69) is 69.8 Å². The highest BCUT2D eigenvalue weighted by Crippen LogP contribution is 2.33. The number of fused-ring (bicyclic) bond motifs is 1. The number of para-hydroxylation sites is 1. The third-order valence-corrected chi connectivity index (χ3v) is 3.57. The molecule has 16 heavy (non-hydrogen) atoms. The van der Waals surface area contributed by atoms with E-state index < -0.39 is 0 Å².